The van der Waals surface area contributed by atoms with Gasteiger partial charge in [0.25, 0.3) is 0 Å². The third-order valence-electron chi connectivity index (χ3n) is 8.63. The highest BCUT2D eigenvalue weighted by Crippen LogP contribution is 2.39. The van der Waals surface area contributed by atoms with Crippen molar-refractivity contribution < 1.29 is 40.6 Å². The number of ether oxygens (including phenoxy) is 4. The molecular formula is C39H45IN6O9S2. The molecule has 1 atom stereocenters. The lowest BCUT2D eigenvalue weighted by atomic mass is 10.2. The maximum atomic E-state index is 15.4. The number of hydrogen-bond donors (Lipinski definition) is 1. The van der Waals surface area contributed by atoms with Gasteiger partial charge in [0.05, 0.1) is 43.6 Å². The molecule has 57 heavy (non-hydrogen) atoms. The van der Waals surface area contributed by atoms with Gasteiger partial charge < -0.3 is 24.3 Å². The summed E-state index contributed by atoms with van der Waals surface area (Å²) in [4.78, 5) is 12.8. The van der Waals surface area contributed by atoms with Crippen molar-refractivity contribution in [3.05, 3.63) is 105 Å². The Balaban J connectivity index is 1.67. The monoisotopic (exact) mass is 932 g/mol. The predicted molar refractivity (Wildman–Crippen MR) is 221 cm³/mol. The number of amides is 1. The largest absolute Gasteiger partial charge is 0.497 e. The highest BCUT2D eigenvalue weighted by atomic mass is 127. The molecule has 1 N–H and O–H groups in total. The minimum absolute atomic E-state index is 0.0422. The maximum absolute atomic E-state index is 15.4. The molecule has 4 aromatic carbocycles. The van der Waals surface area contributed by atoms with Crippen LogP contribution in [0.25, 0.3) is 11.4 Å². The summed E-state index contributed by atoms with van der Waals surface area (Å²) < 4.78 is 82.8. The van der Waals surface area contributed by atoms with Crippen molar-refractivity contribution >= 4 is 48.5 Å². The lowest BCUT2D eigenvalue weighted by molar-refractivity contribution is 0.0528. The maximum Gasteiger partial charge on any atom is 0.407 e. The SMILES string of the molecule is COc1ccc(CN(Cc2ccc(OC)cc2)S(=O)(=O)c2c(S(=O)(=O)[C@H](C)CNC(=O)OC(C)(C)C)ccc(I)c2-c2nnn(Cc3ccc(OC)cc3)n2)cc1. The molecule has 1 heterocycles. The fourth-order valence-electron chi connectivity index (χ4n) is 5.62. The van der Waals surface area contributed by atoms with Gasteiger partial charge in [-0.15, -0.1) is 10.2 Å². The van der Waals surface area contributed by atoms with Crippen LogP contribution in [0, 0.1) is 3.57 Å². The molecular weight excluding hydrogens is 887 g/mol. The number of methoxy groups -OCH3 is 3. The van der Waals surface area contributed by atoms with Crippen LogP contribution in [-0.4, -0.2) is 86.2 Å². The lowest BCUT2D eigenvalue weighted by Gasteiger charge is -2.26. The van der Waals surface area contributed by atoms with Gasteiger partial charge in [-0.25, -0.2) is 21.6 Å². The number of halogens is 1. The second-order valence-electron chi connectivity index (χ2n) is 13.9. The van der Waals surface area contributed by atoms with Crippen LogP contribution >= 0.6 is 22.6 Å². The first-order chi connectivity index (χ1) is 26.9. The molecule has 15 nitrogen and oxygen atoms in total. The Bertz CT molecular complexity index is 2340. The smallest absolute Gasteiger partial charge is 0.407 e. The van der Waals surface area contributed by atoms with E-state index in [-0.39, 0.29) is 37.6 Å². The summed E-state index contributed by atoms with van der Waals surface area (Å²) in [6, 6.07) is 23.8. The van der Waals surface area contributed by atoms with E-state index in [4.69, 9.17) is 18.9 Å². The number of carbonyl (C=O) groups is 1. The molecule has 0 radical (unpaired) electrons. The quantitative estimate of drug-likeness (QED) is 0.113. The number of tetrazole rings is 1. The van der Waals surface area contributed by atoms with E-state index in [1.165, 1.54) is 42.4 Å². The Labute approximate surface area is 346 Å². The van der Waals surface area contributed by atoms with Gasteiger partial charge in [-0.1, -0.05) is 36.4 Å². The number of nitrogens with one attached hydrogen (secondary N) is 1. The average molecular weight is 933 g/mol. The Morgan fingerprint density at radius 2 is 1.28 bits per heavy atom. The third kappa shape index (κ3) is 10.8. The van der Waals surface area contributed by atoms with Crippen molar-refractivity contribution in [3.63, 3.8) is 0 Å². The summed E-state index contributed by atoms with van der Waals surface area (Å²) in [5.74, 6) is 1.72. The minimum Gasteiger partial charge on any atom is -0.497 e. The van der Waals surface area contributed by atoms with Crippen LogP contribution in [0.4, 0.5) is 4.79 Å². The number of nitrogens with zero attached hydrogens (tertiary/aromatic N) is 5. The average Bonchev–Trinajstić information content (AvgIpc) is 3.64. The van der Waals surface area contributed by atoms with Crippen molar-refractivity contribution in [2.24, 2.45) is 0 Å². The number of benzene rings is 4. The lowest BCUT2D eigenvalue weighted by Crippen LogP contribution is -2.39. The highest BCUT2D eigenvalue weighted by molar-refractivity contribution is 14.1. The first-order valence-electron chi connectivity index (χ1n) is 17.7. The van der Waals surface area contributed by atoms with Crippen LogP contribution in [0.1, 0.15) is 44.4 Å². The summed E-state index contributed by atoms with van der Waals surface area (Å²) in [5, 5.41) is 14.2. The van der Waals surface area contributed by atoms with E-state index in [0.717, 1.165) is 5.56 Å². The third-order valence-corrected chi connectivity index (χ3v) is 13.7. The Morgan fingerprint density at radius 3 is 1.75 bits per heavy atom. The first kappa shape index (κ1) is 43.3. The summed E-state index contributed by atoms with van der Waals surface area (Å²) in [7, 11) is -4.62. The van der Waals surface area contributed by atoms with Crippen molar-refractivity contribution in [3.8, 4) is 28.6 Å². The molecule has 0 aliphatic rings. The second kappa shape index (κ2) is 18.2. The van der Waals surface area contributed by atoms with E-state index in [1.54, 1.807) is 88.5 Å². The number of aromatic nitrogens is 4. The molecule has 5 rings (SSSR count). The standard InChI is InChI=1S/C39H45IN6O9S2/c1-26(22-41-38(47)55-39(2,3)4)56(48,49)34-21-20-33(40)35(37-42-44-46(43-37)25-29-12-18-32(54-7)19-13-29)36(34)57(50,51)45(23-27-8-14-30(52-5)15-9-27)24-28-10-16-31(53-6)17-11-28/h8-21,26H,22-25H2,1-7H3,(H,41,47)/t26-/m1/s1. The minimum atomic E-state index is -4.75. The molecule has 0 saturated heterocycles. The van der Waals surface area contributed by atoms with Crippen molar-refractivity contribution in [2.75, 3.05) is 27.9 Å². The summed E-state index contributed by atoms with van der Waals surface area (Å²) in [6.45, 7) is 5.96. The number of carbonyl (C=O) groups excluding carboxylic acids is 1. The zero-order valence-corrected chi connectivity index (χ0v) is 36.4. The van der Waals surface area contributed by atoms with E-state index >= 15 is 8.42 Å². The van der Waals surface area contributed by atoms with E-state index in [0.29, 0.717) is 31.9 Å². The first-order valence-corrected chi connectivity index (χ1v) is 21.7. The second-order valence-corrected chi connectivity index (χ2v) is 19.3. The van der Waals surface area contributed by atoms with E-state index in [1.807, 2.05) is 34.7 Å². The fraction of sp³-hybridized carbons (Fsp3) is 0.333. The van der Waals surface area contributed by atoms with Crippen LogP contribution in [0.2, 0.25) is 0 Å². The predicted octanol–water partition coefficient (Wildman–Crippen LogP) is 6.10. The molecule has 0 aliphatic carbocycles. The van der Waals surface area contributed by atoms with Crippen LogP contribution < -0.4 is 19.5 Å². The van der Waals surface area contributed by atoms with Crippen LogP contribution in [0.5, 0.6) is 17.2 Å². The van der Waals surface area contributed by atoms with Gasteiger partial charge in [0.2, 0.25) is 15.8 Å². The van der Waals surface area contributed by atoms with Gasteiger partial charge in [0, 0.05) is 23.2 Å². The van der Waals surface area contributed by atoms with Crippen LogP contribution in [-0.2, 0) is 44.2 Å². The van der Waals surface area contributed by atoms with Crippen molar-refractivity contribution in [1.82, 2.24) is 29.8 Å². The Kier molecular flexibility index (Phi) is 13.8. The van der Waals surface area contributed by atoms with Gasteiger partial charge in [-0.3, -0.25) is 0 Å². The molecule has 1 aromatic heterocycles. The van der Waals surface area contributed by atoms with Crippen molar-refractivity contribution in [2.45, 2.75) is 68.0 Å². The molecule has 0 fully saturated rings. The van der Waals surface area contributed by atoms with Crippen LogP contribution in [0.15, 0.2) is 94.7 Å². The zero-order chi connectivity index (χ0) is 41.5. The van der Waals surface area contributed by atoms with Gasteiger partial charge in [0.15, 0.2) is 9.84 Å². The van der Waals surface area contributed by atoms with Crippen molar-refractivity contribution in [1.29, 1.82) is 0 Å². The highest BCUT2D eigenvalue weighted by Gasteiger charge is 2.39. The van der Waals surface area contributed by atoms with E-state index < -0.39 is 46.6 Å². The Morgan fingerprint density at radius 1 is 0.789 bits per heavy atom. The molecule has 5 aromatic rings. The Hall–Kier alpha value is -4.79. The molecule has 0 bridgehead atoms. The van der Waals surface area contributed by atoms with E-state index in [9.17, 15) is 13.2 Å². The number of alkyl carbamates (subject to hydrolysis) is 1. The summed E-state index contributed by atoms with van der Waals surface area (Å²) in [6.07, 6.45) is -0.816. The fourth-order valence-corrected chi connectivity index (χ4v) is 10.2. The van der Waals surface area contributed by atoms with Crippen LogP contribution in [0.3, 0.4) is 0 Å². The van der Waals surface area contributed by atoms with E-state index in [2.05, 4.69) is 20.7 Å². The molecule has 0 aliphatic heterocycles. The molecule has 0 spiro atoms. The number of hydrogen-bond acceptors (Lipinski definition) is 12. The molecule has 18 heteroatoms. The summed E-state index contributed by atoms with van der Waals surface area (Å²) >= 11 is 1.95. The van der Waals surface area contributed by atoms with Gasteiger partial charge in [-0.05, 0) is 121 Å². The molecule has 304 valence electrons. The number of sulfone groups is 1. The van der Waals surface area contributed by atoms with Gasteiger partial charge in [0.1, 0.15) is 27.7 Å². The number of rotatable bonds is 16. The molecule has 1 amide bonds. The topological polar surface area (TPSA) is 181 Å². The normalized spacial score (nSPS) is 12.6. The zero-order valence-electron chi connectivity index (χ0n) is 32.6. The molecule has 0 unspecified atom stereocenters. The summed E-state index contributed by atoms with van der Waals surface area (Å²) in [5.41, 5.74) is 1.17. The van der Waals surface area contributed by atoms with Gasteiger partial charge >= 0.3 is 6.09 Å². The number of sulfonamides is 1. The molecule has 0 saturated carbocycles. The van der Waals surface area contributed by atoms with Gasteiger partial charge in [-0.2, -0.15) is 9.10 Å².